The first-order valence-electron chi connectivity index (χ1n) is 7.20. The number of nitrogens with one attached hydrogen (secondary N) is 1. The summed E-state index contributed by atoms with van der Waals surface area (Å²) in [5.74, 6) is 0.565. The molecule has 1 aromatic rings. The summed E-state index contributed by atoms with van der Waals surface area (Å²) in [5.41, 5.74) is 0. The maximum atomic E-state index is 12.6. The molecule has 0 bridgehead atoms. The summed E-state index contributed by atoms with van der Waals surface area (Å²) in [5, 5.41) is 3.31. The molecule has 2 aliphatic heterocycles. The first-order chi connectivity index (χ1) is 10.1. The van der Waals surface area contributed by atoms with Crippen molar-refractivity contribution in [2.45, 2.75) is 10.9 Å². The van der Waals surface area contributed by atoms with Gasteiger partial charge >= 0.3 is 0 Å². The Morgan fingerprint density at radius 2 is 1.95 bits per heavy atom. The molecule has 0 unspecified atom stereocenters. The summed E-state index contributed by atoms with van der Waals surface area (Å²) in [7, 11) is -1.86. The van der Waals surface area contributed by atoms with Gasteiger partial charge in [-0.1, -0.05) is 6.07 Å². The van der Waals surface area contributed by atoms with Crippen LogP contribution in [0.15, 0.2) is 29.2 Å². The molecule has 21 heavy (non-hydrogen) atoms. The number of sulfonamides is 1. The number of benzene rings is 1. The van der Waals surface area contributed by atoms with E-state index in [-0.39, 0.29) is 0 Å². The Morgan fingerprint density at radius 3 is 2.62 bits per heavy atom. The summed E-state index contributed by atoms with van der Waals surface area (Å²) in [6.07, 6.45) is 0. The fourth-order valence-corrected chi connectivity index (χ4v) is 4.35. The molecule has 1 N–H and O–H groups in total. The Labute approximate surface area is 125 Å². The molecule has 2 fully saturated rings. The molecule has 1 aromatic carbocycles. The second-order valence-corrected chi connectivity index (χ2v) is 7.38. The fourth-order valence-electron chi connectivity index (χ4n) is 2.80. The van der Waals surface area contributed by atoms with Crippen molar-refractivity contribution < 1.29 is 13.2 Å². The average Bonchev–Trinajstić information content (AvgIpc) is 2.46. The summed E-state index contributed by atoms with van der Waals surface area (Å²) in [6, 6.07) is 7.01. The fraction of sp³-hybridized carbons (Fsp3) is 0.571. The molecule has 116 valence electrons. The van der Waals surface area contributed by atoms with Gasteiger partial charge in [0.25, 0.3) is 0 Å². The van der Waals surface area contributed by atoms with Crippen LogP contribution in [0, 0.1) is 0 Å². The number of rotatable bonds is 4. The van der Waals surface area contributed by atoms with Crippen molar-refractivity contribution in [3.63, 3.8) is 0 Å². The molecule has 0 aliphatic carbocycles. The van der Waals surface area contributed by atoms with E-state index in [1.807, 2.05) is 0 Å². The van der Waals surface area contributed by atoms with Gasteiger partial charge in [-0.3, -0.25) is 4.90 Å². The zero-order valence-corrected chi connectivity index (χ0v) is 13.0. The van der Waals surface area contributed by atoms with Crippen LogP contribution in [0.5, 0.6) is 5.75 Å². The third-order valence-electron chi connectivity index (χ3n) is 4.18. The first kappa shape index (κ1) is 14.8. The molecule has 2 saturated heterocycles. The van der Waals surface area contributed by atoms with E-state index in [4.69, 9.17) is 4.74 Å². The third kappa shape index (κ3) is 2.91. The predicted octanol–water partition coefficient (Wildman–Crippen LogP) is -0.0267. The predicted molar refractivity (Wildman–Crippen MR) is 80.0 cm³/mol. The van der Waals surface area contributed by atoms with E-state index in [0.717, 1.165) is 26.2 Å². The zero-order chi connectivity index (χ0) is 14.9. The second kappa shape index (κ2) is 5.92. The molecule has 0 radical (unpaired) electrons. The van der Waals surface area contributed by atoms with Crippen LogP contribution in [0.3, 0.4) is 0 Å². The van der Waals surface area contributed by atoms with E-state index < -0.39 is 10.0 Å². The smallest absolute Gasteiger partial charge is 0.243 e. The number of methoxy groups -OCH3 is 1. The maximum Gasteiger partial charge on any atom is 0.243 e. The summed E-state index contributed by atoms with van der Waals surface area (Å²) in [6.45, 7) is 5.13. The van der Waals surface area contributed by atoms with Crippen LogP contribution in [0.4, 0.5) is 0 Å². The van der Waals surface area contributed by atoms with Crippen LogP contribution in [0.1, 0.15) is 0 Å². The third-order valence-corrected chi connectivity index (χ3v) is 6.00. The minimum Gasteiger partial charge on any atom is -0.497 e. The zero-order valence-electron chi connectivity index (χ0n) is 12.2. The molecule has 3 rings (SSSR count). The Hall–Kier alpha value is -1.15. The van der Waals surface area contributed by atoms with Crippen molar-refractivity contribution in [3.05, 3.63) is 24.3 Å². The molecule has 0 amide bonds. The highest BCUT2D eigenvalue weighted by molar-refractivity contribution is 7.89. The van der Waals surface area contributed by atoms with Gasteiger partial charge in [-0.15, -0.1) is 0 Å². The highest BCUT2D eigenvalue weighted by Crippen LogP contribution is 2.26. The van der Waals surface area contributed by atoms with Crippen LogP contribution in [-0.4, -0.2) is 70.0 Å². The Morgan fingerprint density at radius 1 is 1.24 bits per heavy atom. The van der Waals surface area contributed by atoms with Crippen molar-refractivity contribution in [2.24, 2.45) is 0 Å². The number of nitrogens with zero attached hydrogens (tertiary/aromatic N) is 2. The highest BCUT2D eigenvalue weighted by Gasteiger charge is 2.39. The SMILES string of the molecule is COc1cccc(S(=O)(=O)N2CC(N3CCNCC3)C2)c1. The molecule has 2 heterocycles. The minimum absolute atomic E-state index is 0.306. The van der Waals surface area contributed by atoms with Crippen LogP contribution in [-0.2, 0) is 10.0 Å². The average molecular weight is 311 g/mol. The highest BCUT2D eigenvalue weighted by atomic mass is 32.2. The maximum absolute atomic E-state index is 12.6. The van der Waals surface area contributed by atoms with Crippen molar-refractivity contribution in [1.82, 2.24) is 14.5 Å². The summed E-state index contributed by atoms with van der Waals surface area (Å²) < 4.78 is 31.8. The van der Waals surface area contributed by atoms with Crippen LogP contribution in [0.2, 0.25) is 0 Å². The monoisotopic (exact) mass is 311 g/mol. The molecule has 0 saturated carbocycles. The summed E-state index contributed by atoms with van der Waals surface area (Å²) >= 11 is 0. The van der Waals surface area contributed by atoms with Gasteiger partial charge in [0.15, 0.2) is 0 Å². The van der Waals surface area contributed by atoms with E-state index in [1.54, 1.807) is 28.6 Å². The molecular weight excluding hydrogens is 290 g/mol. The second-order valence-electron chi connectivity index (χ2n) is 5.44. The van der Waals surface area contributed by atoms with Gasteiger partial charge < -0.3 is 10.1 Å². The van der Waals surface area contributed by atoms with Gasteiger partial charge in [0.1, 0.15) is 5.75 Å². The van der Waals surface area contributed by atoms with Crippen LogP contribution in [0.25, 0.3) is 0 Å². The summed E-state index contributed by atoms with van der Waals surface area (Å²) in [4.78, 5) is 2.68. The van der Waals surface area contributed by atoms with Gasteiger partial charge in [-0.2, -0.15) is 4.31 Å². The van der Waals surface area contributed by atoms with E-state index in [9.17, 15) is 8.42 Å². The molecule has 0 spiro atoms. The van der Waals surface area contributed by atoms with E-state index in [2.05, 4.69) is 10.2 Å². The molecule has 2 aliphatic rings. The van der Waals surface area contributed by atoms with Gasteiger partial charge in [0.05, 0.1) is 12.0 Å². The van der Waals surface area contributed by atoms with Gasteiger partial charge in [-0.05, 0) is 12.1 Å². The van der Waals surface area contributed by atoms with Crippen LogP contribution < -0.4 is 10.1 Å². The largest absolute Gasteiger partial charge is 0.497 e. The van der Waals surface area contributed by atoms with Crippen molar-refractivity contribution in [2.75, 3.05) is 46.4 Å². The lowest BCUT2D eigenvalue weighted by Crippen LogP contribution is -2.63. The molecule has 7 heteroatoms. The van der Waals surface area contributed by atoms with Crippen molar-refractivity contribution >= 4 is 10.0 Å². The van der Waals surface area contributed by atoms with Crippen LogP contribution >= 0.6 is 0 Å². The quantitative estimate of drug-likeness (QED) is 0.846. The van der Waals surface area contributed by atoms with E-state index in [0.29, 0.717) is 29.8 Å². The standard InChI is InChI=1S/C14H21N3O3S/c1-20-13-3-2-4-14(9-13)21(18,19)17-10-12(11-17)16-7-5-15-6-8-16/h2-4,9,12,15H,5-8,10-11H2,1H3. The molecular formula is C14H21N3O3S. The number of ether oxygens (including phenoxy) is 1. The van der Waals surface area contributed by atoms with Gasteiger partial charge in [0, 0.05) is 51.4 Å². The van der Waals surface area contributed by atoms with Gasteiger partial charge in [0.2, 0.25) is 10.0 Å². The lowest BCUT2D eigenvalue weighted by atomic mass is 10.1. The lowest BCUT2D eigenvalue weighted by molar-refractivity contribution is 0.0773. The topological polar surface area (TPSA) is 61.9 Å². The Balaban J connectivity index is 1.67. The normalized spacial score (nSPS) is 22.0. The Kier molecular flexibility index (Phi) is 4.17. The van der Waals surface area contributed by atoms with E-state index >= 15 is 0 Å². The number of piperazine rings is 1. The van der Waals surface area contributed by atoms with Crippen molar-refractivity contribution in [3.8, 4) is 5.75 Å². The number of hydrogen-bond donors (Lipinski definition) is 1. The lowest BCUT2D eigenvalue weighted by Gasteiger charge is -2.45. The first-order valence-corrected chi connectivity index (χ1v) is 8.64. The molecule has 6 nitrogen and oxygen atoms in total. The Bertz CT molecular complexity index is 593. The van der Waals surface area contributed by atoms with Crippen molar-refractivity contribution in [1.29, 1.82) is 0 Å². The number of hydrogen-bond acceptors (Lipinski definition) is 5. The minimum atomic E-state index is -3.40. The molecule has 0 aromatic heterocycles. The van der Waals surface area contributed by atoms with E-state index in [1.165, 1.54) is 7.11 Å². The van der Waals surface area contributed by atoms with Gasteiger partial charge in [-0.25, -0.2) is 8.42 Å². The molecule has 0 atom stereocenters.